The Bertz CT molecular complexity index is 847. The first-order valence-corrected chi connectivity index (χ1v) is 8.95. The average molecular weight is 407 g/mol. The Morgan fingerprint density at radius 3 is 2.41 bits per heavy atom. The number of aromatic nitrogens is 4. The molecule has 4 atom stereocenters. The molecule has 0 aliphatic carbocycles. The largest absolute Gasteiger partial charge is 0.466 e. The van der Waals surface area contributed by atoms with Crippen molar-refractivity contribution in [1.82, 2.24) is 19.5 Å². The van der Waals surface area contributed by atoms with Crippen LogP contribution in [-0.2, 0) is 14.1 Å². The second kappa shape index (κ2) is 8.33. The second-order valence-electron chi connectivity index (χ2n) is 5.47. The molecule has 1 fully saturated rings. The molecule has 1 saturated heterocycles. The van der Waals surface area contributed by atoms with Crippen LogP contribution in [0.1, 0.15) is 13.2 Å². The highest BCUT2D eigenvalue weighted by atomic mass is 31.2. The molecule has 0 radical (unpaired) electrons. The molecule has 150 valence electrons. The number of anilines is 1. The SMILES string of the molecule is CC(=O)Nc1ncnc2c1ncn2[C@@H]1O[C@H](CO)[C@@H](O)[C@H]1O.O=P(O)(O)O. The molecule has 0 spiro atoms. The summed E-state index contributed by atoms with van der Waals surface area (Å²) in [5.74, 6) is -0.0644. The second-order valence-corrected chi connectivity index (χ2v) is 6.50. The third-order valence-electron chi connectivity index (χ3n) is 3.44. The Kier molecular flexibility index (Phi) is 6.56. The predicted octanol–water partition coefficient (Wildman–Crippen LogP) is -2.53. The van der Waals surface area contributed by atoms with Gasteiger partial charge in [-0.25, -0.2) is 19.5 Å². The minimum atomic E-state index is -4.64. The number of nitrogens with one attached hydrogen (secondary N) is 1. The Morgan fingerprint density at radius 1 is 1.26 bits per heavy atom. The number of amides is 1. The lowest BCUT2D eigenvalue weighted by molar-refractivity contribution is -0.114. The third kappa shape index (κ3) is 5.24. The van der Waals surface area contributed by atoms with E-state index < -0.39 is 39.0 Å². The average Bonchev–Trinajstić information content (AvgIpc) is 3.08. The number of imidazole rings is 1. The Labute approximate surface area is 151 Å². The lowest BCUT2D eigenvalue weighted by Gasteiger charge is -2.16. The van der Waals surface area contributed by atoms with Crippen LogP contribution in [0.3, 0.4) is 0 Å². The van der Waals surface area contributed by atoms with E-state index in [1.807, 2.05) is 0 Å². The quantitative estimate of drug-likeness (QED) is 0.262. The Morgan fingerprint density at radius 2 is 1.89 bits per heavy atom. The fourth-order valence-corrected chi connectivity index (χ4v) is 2.41. The molecule has 14 nitrogen and oxygen atoms in total. The summed E-state index contributed by atoms with van der Waals surface area (Å²) in [4.78, 5) is 44.8. The van der Waals surface area contributed by atoms with Crippen molar-refractivity contribution in [2.45, 2.75) is 31.5 Å². The van der Waals surface area contributed by atoms with Crippen LogP contribution in [0.4, 0.5) is 5.82 Å². The van der Waals surface area contributed by atoms with E-state index in [4.69, 9.17) is 29.1 Å². The van der Waals surface area contributed by atoms with Crippen molar-refractivity contribution < 1.29 is 44.1 Å². The van der Waals surface area contributed by atoms with Gasteiger partial charge in [-0.1, -0.05) is 0 Å². The number of fused-ring (bicyclic) bond motifs is 1. The highest BCUT2D eigenvalue weighted by Gasteiger charge is 2.44. The molecule has 7 N–H and O–H groups in total. The zero-order valence-corrected chi connectivity index (χ0v) is 14.7. The van der Waals surface area contributed by atoms with Crippen LogP contribution in [0, 0.1) is 0 Å². The molecule has 3 heterocycles. The predicted molar refractivity (Wildman–Crippen MR) is 86.9 cm³/mol. The van der Waals surface area contributed by atoms with Gasteiger partial charge in [-0.15, -0.1) is 0 Å². The maximum atomic E-state index is 11.2. The van der Waals surface area contributed by atoms with Gasteiger partial charge < -0.3 is 40.1 Å². The molecule has 1 amide bonds. The molecule has 15 heteroatoms. The van der Waals surface area contributed by atoms with Crippen molar-refractivity contribution in [2.75, 3.05) is 11.9 Å². The van der Waals surface area contributed by atoms with Gasteiger partial charge in [-0.2, -0.15) is 0 Å². The number of carbonyl (C=O) groups is 1. The van der Waals surface area contributed by atoms with E-state index in [-0.39, 0.29) is 11.7 Å². The molecule has 0 bridgehead atoms. The van der Waals surface area contributed by atoms with Crippen molar-refractivity contribution in [3.8, 4) is 0 Å². The van der Waals surface area contributed by atoms with Gasteiger partial charge in [-0.05, 0) is 0 Å². The van der Waals surface area contributed by atoms with Crippen molar-refractivity contribution in [3.63, 3.8) is 0 Å². The van der Waals surface area contributed by atoms with E-state index in [1.165, 1.54) is 24.1 Å². The van der Waals surface area contributed by atoms with Gasteiger partial charge >= 0.3 is 7.82 Å². The Hall–Kier alpha value is -2.03. The van der Waals surface area contributed by atoms with Crippen LogP contribution in [0.2, 0.25) is 0 Å². The topological polar surface area (TPSA) is 220 Å². The van der Waals surface area contributed by atoms with Crippen molar-refractivity contribution in [3.05, 3.63) is 12.7 Å². The number of phosphoric acid groups is 1. The molecule has 3 rings (SSSR count). The first-order valence-electron chi connectivity index (χ1n) is 7.38. The zero-order chi connectivity index (χ0) is 20.4. The van der Waals surface area contributed by atoms with E-state index in [2.05, 4.69) is 20.3 Å². The monoisotopic (exact) mass is 407 g/mol. The van der Waals surface area contributed by atoms with Crippen LogP contribution in [0.15, 0.2) is 12.7 Å². The third-order valence-corrected chi connectivity index (χ3v) is 3.44. The number of hydrogen-bond acceptors (Lipinski definition) is 9. The van der Waals surface area contributed by atoms with E-state index in [0.717, 1.165) is 0 Å². The van der Waals surface area contributed by atoms with Crippen molar-refractivity contribution >= 4 is 30.7 Å². The summed E-state index contributed by atoms with van der Waals surface area (Å²) in [5, 5.41) is 31.5. The zero-order valence-electron chi connectivity index (χ0n) is 13.8. The first-order chi connectivity index (χ1) is 12.5. The molecule has 0 aromatic carbocycles. The number of rotatable bonds is 3. The van der Waals surface area contributed by atoms with Gasteiger partial charge in [-0.3, -0.25) is 9.36 Å². The summed E-state index contributed by atoms with van der Waals surface area (Å²) in [5.41, 5.74) is 0.657. The van der Waals surface area contributed by atoms with E-state index in [0.29, 0.717) is 11.2 Å². The maximum Gasteiger partial charge on any atom is 0.466 e. The van der Waals surface area contributed by atoms with E-state index >= 15 is 0 Å². The minimum absolute atomic E-state index is 0.239. The summed E-state index contributed by atoms with van der Waals surface area (Å²) in [6.45, 7) is 0.921. The van der Waals surface area contributed by atoms with Crippen LogP contribution < -0.4 is 5.32 Å². The van der Waals surface area contributed by atoms with Crippen LogP contribution in [0.5, 0.6) is 0 Å². The number of aliphatic hydroxyl groups is 3. The van der Waals surface area contributed by atoms with Gasteiger partial charge in [0.2, 0.25) is 5.91 Å². The molecular weight excluding hydrogens is 389 g/mol. The smallest absolute Gasteiger partial charge is 0.394 e. The molecule has 0 unspecified atom stereocenters. The van der Waals surface area contributed by atoms with Crippen LogP contribution in [0.25, 0.3) is 11.2 Å². The van der Waals surface area contributed by atoms with Gasteiger partial charge in [0.15, 0.2) is 23.2 Å². The lowest BCUT2D eigenvalue weighted by Crippen LogP contribution is -2.33. The fourth-order valence-electron chi connectivity index (χ4n) is 2.41. The maximum absolute atomic E-state index is 11.2. The molecule has 1 aliphatic heterocycles. The number of aliphatic hydroxyl groups excluding tert-OH is 3. The fraction of sp³-hybridized carbons (Fsp3) is 0.500. The van der Waals surface area contributed by atoms with Gasteiger partial charge in [0, 0.05) is 6.92 Å². The van der Waals surface area contributed by atoms with Crippen LogP contribution >= 0.6 is 7.82 Å². The van der Waals surface area contributed by atoms with E-state index in [1.54, 1.807) is 0 Å². The molecule has 27 heavy (non-hydrogen) atoms. The summed E-state index contributed by atoms with van der Waals surface area (Å²) in [6, 6.07) is 0. The van der Waals surface area contributed by atoms with E-state index in [9.17, 15) is 15.0 Å². The van der Waals surface area contributed by atoms with Gasteiger partial charge in [0.25, 0.3) is 0 Å². The molecule has 2 aromatic heterocycles. The highest BCUT2D eigenvalue weighted by molar-refractivity contribution is 7.45. The number of ether oxygens (including phenoxy) is 1. The summed E-state index contributed by atoms with van der Waals surface area (Å²) < 4.78 is 15.7. The first kappa shape index (κ1) is 21.3. The molecular formula is C12H18N5O9P. The number of nitrogens with zero attached hydrogens (tertiary/aromatic N) is 4. The van der Waals surface area contributed by atoms with Crippen LogP contribution in [-0.4, -0.2) is 80.3 Å². The number of hydrogen-bond donors (Lipinski definition) is 7. The molecule has 1 aliphatic rings. The lowest BCUT2D eigenvalue weighted by atomic mass is 10.1. The number of carbonyl (C=O) groups excluding carboxylic acids is 1. The Balaban J connectivity index is 0.000000465. The summed E-state index contributed by atoms with van der Waals surface area (Å²) >= 11 is 0. The van der Waals surface area contributed by atoms with Crippen molar-refractivity contribution in [1.29, 1.82) is 0 Å². The summed E-state index contributed by atoms with van der Waals surface area (Å²) in [6.07, 6.45) is -1.69. The molecule has 2 aromatic rings. The van der Waals surface area contributed by atoms with Gasteiger partial charge in [0.1, 0.15) is 24.6 Å². The highest BCUT2D eigenvalue weighted by Crippen LogP contribution is 2.32. The van der Waals surface area contributed by atoms with Gasteiger partial charge in [0.05, 0.1) is 12.9 Å². The standard InChI is InChI=1S/C12H15N5O5.H3O4P/c1-5(19)16-10-7-11(14-3-13-10)17(4-15-7)12-9(21)8(20)6(2-18)22-12;1-5(2,3)4/h3-4,6,8-9,12,18,20-21H,2H2,1H3,(H,13,14,16,19);(H3,1,2,3,4)/t6-,8-,9-,12-;/m1./s1. The minimum Gasteiger partial charge on any atom is -0.394 e. The molecule has 0 saturated carbocycles. The van der Waals surface area contributed by atoms with Crippen molar-refractivity contribution in [2.24, 2.45) is 0 Å². The normalized spacial score (nSPS) is 25.1. The summed E-state index contributed by atoms with van der Waals surface area (Å²) in [7, 11) is -4.64.